The molecule has 0 saturated carbocycles. The van der Waals surface area contributed by atoms with Crippen LogP contribution in [0.25, 0.3) is 0 Å². The zero-order valence-corrected chi connectivity index (χ0v) is 17.1. The number of benzene rings is 3. The minimum Gasteiger partial charge on any atom is -0.478 e. The first-order valence-electron chi connectivity index (χ1n) is 9.58. The first-order valence-corrected chi connectivity index (χ1v) is 9.58. The Balaban J connectivity index is 1.74. The Hall–Kier alpha value is -4.13. The Morgan fingerprint density at radius 3 is 1.94 bits per heavy atom. The van der Waals surface area contributed by atoms with Crippen molar-refractivity contribution in [1.29, 1.82) is 0 Å². The van der Waals surface area contributed by atoms with E-state index >= 15 is 0 Å². The Kier molecular flexibility index (Phi) is 6.67. The molecule has 0 heterocycles. The molecular formula is C24H22N2O5. The number of hydrogen-bond donors (Lipinski definition) is 3. The van der Waals surface area contributed by atoms with Gasteiger partial charge >= 0.3 is 5.97 Å². The van der Waals surface area contributed by atoms with Gasteiger partial charge in [-0.3, -0.25) is 9.59 Å². The average molecular weight is 418 g/mol. The second-order valence-electron chi connectivity index (χ2n) is 6.92. The van der Waals surface area contributed by atoms with Gasteiger partial charge < -0.3 is 20.5 Å². The highest BCUT2D eigenvalue weighted by Crippen LogP contribution is 2.25. The van der Waals surface area contributed by atoms with E-state index in [1.807, 2.05) is 31.3 Å². The zero-order valence-electron chi connectivity index (χ0n) is 17.1. The van der Waals surface area contributed by atoms with Crippen molar-refractivity contribution in [3.05, 3.63) is 83.4 Å². The van der Waals surface area contributed by atoms with Crippen LogP contribution in [-0.2, 0) is 11.2 Å². The highest BCUT2D eigenvalue weighted by Gasteiger charge is 2.18. The van der Waals surface area contributed by atoms with Gasteiger partial charge in [0.1, 0.15) is 17.3 Å². The van der Waals surface area contributed by atoms with Gasteiger partial charge in [0.2, 0.25) is 0 Å². The summed E-state index contributed by atoms with van der Waals surface area (Å²) < 4.78 is 5.78. The summed E-state index contributed by atoms with van der Waals surface area (Å²) in [6, 6.07) is 18.5. The third-order valence-corrected chi connectivity index (χ3v) is 4.50. The van der Waals surface area contributed by atoms with E-state index in [9.17, 15) is 19.5 Å². The molecule has 3 rings (SSSR count). The largest absolute Gasteiger partial charge is 0.478 e. The van der Waals surface area contributed by atoms with Crippen LogP contribution in [0.5, 0.6) is 11.5 Å². The van der Waals surface area contributed by atoms with Crippen molar-refractivity contribution in [1.82, 2.24) is 0 Å². The third kappa shape index (κ3) is 5.70. The standard InChI is InChI=1S/C24H22N2O5/c1-15(27)13-16-3-12-21(24(29)30)22(14-16)23(28)26-18-6-10-20(11-7-18)31-19-8-4-17(25-2)5-9-19/h3-12,14,25H,13H2,1-2H3,(H,26,28)(H,29,30). The van der Waals surface area contributed by atoms with Gasteiger partial charge in [-0.15, -0.1) is 0 Å². The molecule has 0 radical (unpaired) electrons. The minimum atomic E-state index is -1.22. The van der Waals surface area contributed by atoms with Gasteiger partial charge in [0, 0.05) is 24.8 Å². The summed E-state index contributed by atoms with van der Waals surface area (Å²) in [7, 11) is 1.84. The summed E-state index contributed by atoms with van der Waals surface area (Å²) in [5.74, 6) is -0.605. The highest BCUT2D eigenvalue weighted by molar-refractivity contribution is 6.11. The molecule has 1 amide bonds. The van der Waals surface area contributed by atoms with E-state index in [0.29, 0.717) is 22.7 Å². The first-order chi connectivity index (χ1) is 14.9. The van der Waals surface area contributed by atoms with E-state index in [2.05, 4.69) is 10.6 Å². The number of carboxylic acids is 1. The Morgan fingerprint density at radius 2 is 1.42 bits per heavy atom. The fourth-order valence-corrected chi connectivity index (χ4v) is 2.99. The molecule has 3 N–H and O–H groups in total. The van der Waals surface area contributed by atoms with Crippen LogP contribution in [0, 0.1) is 0 Å². The molecule has 0 saturated heterocycles. The normalized spacial score (nSPS) is 10.3. The van der Waals surface area contributed by atoms with E-state index in [1.165, 1.54) is 25.1 Å². The van der Waals surface area contributed by atoms with Crippen LogP contribution in [0.4, 0.5) is 11.4 Å². The topological polar surface area (TPSA) is 105 Å². The van der Waals surface area contributed by atoms with Gasteiger partial charge in [0.15, 0.2) is 0 Å². The SMILES string of the molecule is CNc1ccc(Oc2ccc(NC(=O)c3cc(CC(C)=O)ccc3C(=O)O)cc2)cc1. The fourth-order valence-electron chi connectivity index (χ4n) is 2.99. The smallest absolute Gasteiger partial charge is 0.336 e. The van der Waals surface area contributed by atoms with E-state index in [0.717, 1.165) is 5.69 Å². The van der Waals surface area contributed by atoms with Crippen molar-refractivity contribution < 1.29 is 24.2 Å². The summed E-state index contributed by atoms with van der Waals surface area (Å²) in [5, 5.41) is 15.1. The quantitative estimate of drug-likeness (QED) is 0.494. The number of amides is 1. The second-order valence-corrected chi connectivity index (χ2v) is 6.92. The van der Waals surface area contributed by atoms with Crippen molar-refractivity contribution in [3.8, 4) is 11.5 Å². The second kappa shape index (κ2) is 9.58. The van der Waals surface area contributed by atoms with Crippen molar-refractivity contribution in [2.75, 3.05) is 17.7 Å². The molecule has 0 atom stereocenters. The van der Waals surface area contributed by atoms with E-state index in [-0.39, 0.29) is 23.3 Å². The van der Waals surface area contributed by atoms with Crippen LogP contribution in [0.15, 0.2) is 66.7 Å². The number of aromatic carboxylic acids is 1. The predicted molar refractivity (Wildman–Crippen MR) is 118 cm³/mol. The van der Waals surface area contributed by atoms with Crippen molar-refractivity contribution >= 4 is 29.0 Å². The summed E-state index contributed by atoms with van der Waals surface area (Å²) in [5.41, 5.74) is 1.90. The summed E-state index contributed by atoms with van der Waals surface area (Å²) in [6.07, 6.45) is 0.127. The number of nitrogens with one attached hydrogen (secondary N) is 2. The molecule has 0 aromatic heterocycles. The number of Topliss-reactive ketones (excluding diaryl/α,β-unsaturated/α-hetero) is 1. The molecule has 0 aliphatic carbocycles. The number of carbonyl (C=O) groups is 3. The Labute approximate surface area is 179 Å². The maximum atomic E-state index is 12.7. The van der Waals surface area contributed by atoms with Crippen molar-refractivity contribution in [2.24, 2.45) is 0 Å². The van der Waals surface area contributed by atoms with Crippen LogP contribution in [-0.4, -0.2) is 29.8 Å². The molecule has 3 aromatic carbocycles. The molecule has 7 heteroatoms. The number of ether oxygens (including phenoxy) is 1. The first kappa shape index (κ1) is 21.6. The van der Waals surface area contributed by atoms with Crippen LogP contribution in [0.2, 0.25) is 0 Å². The molecule has 3 aromatic rings. The van der Waals surface area contributed by atoms with Gasteiger partial charge in [-0.2, -0.15) is 0 Å². The van der Waals surface area contributed by atoms with E-state index in [4.69, 9.17) is 4.74 Å². The number of carboxylic acid groups (broad SMARTS) is 1. The predicted octanol–water partition coefficient (Wildman–Crippen LogP) is 4.60. The number of rotatable bonds is 8. The summed E-state index contributed by atoms with van der Waals surface area (Å²) >= 11 is 0. The maximum absolute atomic E-state index is 12.7. The van der Waals surface area contributed by atoms with Crippen LogP contribution >= 0.6 is 0 Å². The molecule has 0 unspecified atom stereocenters. The lowest BCUT2D eigenvalue weighted by atomic mass is 10.0. The number of ketones is 1. The highest BCUT2D eigenvalue weighted by atomic mass is 16.5. The molecular weight excluding hydrogens is 396 g/mol. The van der Waals surface area contributed by atoms with Gasteiger partial charge in [0.05, 0.1) is 11.1 Å². The molecule has 7 nitrogen and oxygen atoms in total. The number of anilines is 2. The molecule has 0 aliphatic rings. The zero-order chi connectivity index (χ0) is 22.4. The molecule has 0 fully saturated rings. The lowest BCUT2D eigenvalue weighted by molar-refractivity contribution is -0.116. The minimum absolute atomic E-state index is 0.00352. The summed E-state index contributed by atoms with van der Waals surface area (Å²) in [4.78, 5) is 35.6. The third-order valence-electron chi connectivity index (χ3n) is 4.50. The van der Waals surface area contributed by atoms with Gasteiger partial charge in [-0.25, -0.2) is 4.79 Å². The van der Waals surface area contributed by atoms with Gasteiger partial charge in [-0.1, -0.05) is 6.07 Å². The van der Waals surface area contributed by atoms with Crippen molar-refractivity contribution in [2.45, 2.75) is 13.3 Å². The van der Waals surface area contributed by atoms with E-state index < -0.39 is 11.9 Å². The number of hydrogen-bond acceptors (Lipinski definition) is 5. The van der Waals surface area contributed by atoms with Gasteiger partial charge in [-0.05, 0) is 73.2 Å². The Morgan fingerprint density at radius 1 is 0.839 bits per heavy atom. The number of carbonyl (C=O) groups excluding carboxylic acids is 2. The maximum Gasteiger partial charge on any atom is 0.336 e. The molecule has 31 heavy (non-hydrogen) atoms. The monoisotopic (exact) mass is 418 g/mol. The molecule has 0 spiro atoms. The molecule has 0 bridgehead atoms. The lowest BCUT2D eigenvalue weighted by Crippen LogP contribution is -2.17. The van der Waals surface area contributed by atoms with Crippen LogP contribution in [0.1, 0.15) is 33.2 Å². The summed E-state index contributed by atoms with van der Waals surface area (Å²) in [6.45, 7) is 1.43. The van der Waals surface area contributed by atoms with Crippen LogP contribution in [0.3, 0.4) is 0 Å². The molecule has 0 aliphatic heterocycles. The van der Waals surface area contributed by atoms with Gasteiger partial charge in [0.25, 0.3) is 5.91 Å². The fraction of sp³-hybridized carbons (Fsp3) is 0.125. The van der Waals surface area contributed by atoms with Crippen molar-refractivity contribution in [3.63, 3.8) is 0 Å². The average Bonchev–Trinajstić information content (AvgIpc) is 2.75. The molecule has 158 valence electrons. The Bertz CT molecular complexity index is 1110. The van der Waals surface area contributed by atoms with Crippen LogP contribution < -0.4 is 15.4 Å². The van der Waals surface area contributed by atoms with E-state index in [1.54, 1.807) is 24.3 Å². The lowest BCUT2D eigenvalue weighted by Gasteiger charge is -2.11.